The van der Waals surface area contributed by atoms with Crippen molar-refractivity contribution >= 4 is 245 Å². The van der Waals surface area contributed by atoms with E-state index < -0.39 is 36.3 Å². The summed E-state index contributed by atoms with van der Waals surface area (Å²) < 4.78 is 65.5. The number of fused-ring (bicyclic) bond motifs is 6. The van der Waals surface area contributed by atoms with Crippen molar-refractivity contribution in [2.24, 2.45) is 44.0 Å². The number of thiazole rings is 4. The van der Waals surface area contributed by atoms with Crippen molar-refractivity contribution in [1.29, 1.82) is 0 Å². The minimum Gasteiger partial charge on any atom is -1.00 e. The third-order valence-corrected chi connectivity index (χ3v) is 33.3. The first-order valence-corrected chi connectivity index (χ1v) is 55.0. The number of ether oxygens (including phenoxy) is 11. The highest BCUT2D eigenvalue weighted by molar-refractivity contribution is 8.16. The molecule has 7 aromatic carbocycles. The van der Waals surface area contributed by atoms with Gasteiger partial charge in [0.2, 0.25) is 0 Å². The normalized spacial score (nSPS) is 16.7. The summed E-state index contributed by atoms with van der Waals surface area (Å²) in [6.07, 6.45) is 14.9. The number of pyridine rings is 5. The number of aryl methyl sites for hydroxylation is 2. The molecule has 0 amide bonds. The molecule has 0 saturated carbocycles. The largest absolute Gasteiger partial charge is 1.00 e. The van der Waals surface area contributed by atoms with Crippen molar-refractivity contribution in [2.45, 2.75) is 62.7 Å². The molecule has 764 valence electrons. The van der Waals surface area contributed by atoms with Gasteiger partial charge in [0.25, 0.3) is 0 Å². The Kier molecular flexibility index (Phi) is 38.6. The van der Waals surface area contributed by atoms with E-state index in [1.54, 1.807) is 108 Å². The Hall–Kier alpha value is -13.0. The van der Waals surface area contributed by atoms with Crippen LogP contribution in [0, 0.1) is 0 Å². The first-order chi connectivity index (χ1) is 72.2. The topological polar surface area (TPSA) is 396 Å². The molecule has 0 bridgehead atoms. The van der Waals surface area contributed by atoms with Gasteiger partial charge in [0.05, 0.1) is 118 Å². The Labute approximate surface area is 913 Å². The second-order valence-electron chi connectivity index (χ2n) is 32.6. The lowest BCUT2D eigenvalue weighted by Crippen LogP contribution is -3.00. The van der Waals surface area contributed by atoms with Gasteiger partial charge in [-0.2, -0.15) is 0 Å². The molecular weight excluding hydrogens is 2210 g/mol. The van der Waals surface area contributed by atoms with Gasteiger partial charge in [-0.15, -0.1) is 116 Å². The smallest absolute Gasteiger partial charge is 0.332 e. The minimum atomic E-state index is -0.482. The zero-order valence-corrected chi connectivity index (χ0v) is 91.4. The van der Waals surface area contributed by atoms with Crippen LogP contribution in [0.4, 0.5) is 0 Å². The summed E-state index contributed by atoms with van der Waals surface area (Å²) in [5, 5.41) is 20.1. The fraction of sp³-hybridized carbons (Fsp3) is 0.248. The van der Waals surface area contributed by atoms with E-state index >= 15 is 0 Å². The maximum Gasteiger partial charge on any atom is 0.332 e. The molecule has 6 aliphatic rings. The van der Waals surface area contributed by atoms with E-state index in [4.69, 9.17) is 57.2 Å². The van der Waals surface area contributed by atoms with Gasteiger partial charge in [-0.25, -0.2) is 62.8 Å². The lowest BCUT2D eigenvalue weighted by molar-refractivity contribution is -0.672. The van der Waals surface area contributed by atoms with Crippen molar-refractivity contribution in [3.05, 3.63) is 297 Å². The quantitative estimate of drug-likeness (QED) is 0.0216. The Morgan fingerprint density at radius 1 is 0.336 bits per heavy atom. The molecule has 0 radical (unpaired) electrons. The van der Waals surface area contributed by atoms with Gasteiger partial charge in [-0.05, 0) is 150 Å². The Balaban J connectivity index is 0.000000128. The molecule has 0 saturated heterocycles. The third-order valence-electron chi connectivity index (χ3n) is 22.3. The number of hydrogen-bond acceptors (Lipinski definition) is 41. The number of rotatable bonds is 27. The summed E-state index contributed by atoms with van der Waals surface area (Å²) in [6.45, 7) is 1.58. The summed E-state index contributed by atoms with van der Waals surface area (Å²) in [7, 11) is 12.7. The van der Waals surface area contributed by atoms with Crippen molar-refractivity contribution < 1.29 is 119 Å². The summed E-state index contributed by atoms with van der Waals surface area (Å²) in [4.78, 5) is 128. The van der Waals surface area contributed by atoms with Gasteiger partial charge >= 0.3 is 35.8 Å². The van der Waals surface area contributed by atoms with Crippen LogP contribution < -0.4 is 56.8 Å². The van der Waals surface area contributed by atoms with Crippen LogP contribution in [0.1, 0.15) is 53.5 Å². The summed E-state index contributed by atoms with van der Waals surface area (Å²) in [5.74, 6) is 5.65. The number of benzene rings is 7. The van der Waals surface area contributed by atoms with Crippen LogP contribution in [0.5, 0.6) is 28.7 Å². The van der Waals surface area contributed by atoms with Crippen molar-refractivity contribution in [3.63, 3.8) is 0 Å². The van der Waals surface area contributed by atoms with E-state index in [-0.39, 0.29) is 79.6 Å². The molecule has 0 spiro atoms. The zero-order valence-electron chi connectivity index (χ0n) is 81.1. The SMILES string of the molecule is COC(=O)[C@H]1CSC(c2ccc3cc(OC)ccc3n2)=N1.COC(=O)[C@H]1CSC(c2nc3ccc(OCc4ccc[n+](C)c4)cc3s2)=N1.COC(=O)[C@H]1CSC(c2nc3ccc(OCc4cccnc4)cc3s2)=N1.COC(=O)[C@H]1CSC(c2nc3ccc(OCc4ccncc4)cc3s2)=N1.COc1ccc2nc(C3=N[C@@H](C(=O)OCc4ccc[n+](C)c4)CS3)sc2c1.O=C(OCCO)[C@H]1CSC(c2ccc3ccccc3c2)=N1.[I-]. The number of aliphatic hydroxyl groups excluding tert-OH is 1. The van der Waals surface area contributed by atoms with Crippen LogP contribution in [-0.2, 0) is 97.7 Å². The molecule has 44 heteroatoms. The van der Waals surface area contributed by atoms with Crippen molar-refractivity contribution in [1.82, 2.24) is 34.9 Å². The van der Waals surface area contributed by atoms with Crippen LogP contribution in [0.15, 0.2) is 274 Å². The highest BCUT2D eigenvalue weighted by Gasteiger charge is 2.35. The Bertz CT molecular complexity index is 7590. The number of carbonyl (C=O) groups excluding carboxylic acids is 6. The molecule has 6 atom stereocenters. The molecule has 149 heavy (non-hydrogen) atoms. The van der Waals surface area contributed by atoms with Gasteiger partial charge < -0.3 is 81.2 Å². The predicted molar refractivity (Wildman–Crippen MR) is 587 cm³/mol. The fourth-order valence-corrected chi connectivity index (χ4v) is 25.1. The van der Waals surface area contributed by atoms with E-state index in [0.29, 0.717) is 54.3 Å². The number of halogens is 1. The zero-order chi connectivity index (χ0) is 103. The number of nitrogens with zero attached hydrogens (tertiary/aromatic N) is 15. The number of methoxy groups -OCH3 is 6. The molecule has 0 unspecified atom stereocenters. The number of aromatic nitrogens is 9. The number of thioether (sulfide) groups is 6. The van der Waals surface area contributed by atoms with E-state index in [1.165, 1.54) is 80.9 Å². The number of aliphatic hydroxyl groups is 1. The lowest BCUT2D eigenvalue weighted by Gasteiger charge is -2.06. The van der Waals surface area contributed by atoms with Crippen molar-refractivity contribution in [2.75, 3.05) is 90.4 Å². The fourth-order valence-electron chi connectivity index (χ4n) is 14.8. The second kappa shape index (κ2) is 52.9. The maximum absolute atomic E-state index is 12.4. The van der Waals surface area contributed by atoms with E-state index in [9.17, 15) is 28.8 Å². The van der Waals surface area contributed by atoms with E-state index in [1.807, 2.05) is 218 Å². The van der Waals surface area contributed by atoms with Crippen LogP contribution >= 0.6 is 116 Å². The van der Waals surface area contributed by atoms with E-state index in [0.717, 1.165) is 170 Å². The number of aliphatic imine (C=N–C) groups is 6. The molecule has 16 aromatic rings. The second-order valence-corrected chi connectivity index (χ2v) is 42.8. The summed E-state index contributed by atoms with van der Waals surface area (Å²) in [5.41, 5.74) is 10.4. The molecular formula is C105H95IN15O18S10+. The van der Waals surface area contributed by atoms with E-state index in [2.05, 4.69) is 89.1 Å². The number of esters is 6. The molecule has 9 aromatic heterocycles. The monoisotopic (exact) mass is 2300 g/mol. The predicted octanol–water partition coefficient (Wildman–Crippen LogP) is 13.6. The maximum atomic E-state index is 12.4. The summed E-state index contributed by atoms with van der Waals surface area (Å²) in [6, 6.07) is 60.2. The number of hydrogen-bond donors (Lipinski definition) is 1. The van der Waals surface area contributed by atoms with Gasteiger partial charge in [-0.3, -0.25) is 39.9 Å². The third kappa shape index (κ3) is 29.0. The molecule has 15 heterocycles. The molecule has 6 aliphatic heterocycles. The molecule has 0 aliphatic carbocycles. The van der Waals surface area contributed by atoms with Crippen LogP contribution in [0.25, 0.3) is 62.5 Å². The van der Waals surface area contributed by atoms with Gasteiger partial charge in [0, 0.05) is 88.0 Å². The first-order valence-electron chi connectivity index (χ1n) is 45.8. The Morgan fingerprint density at radius 2 is 0.718 bits per heavy atom. The van der Waals surface area contributed by atoms with Gasteiger partial charge in [-0.1, -0.05) is 48.5 Å². The Morgan fingerprint density at radius 3 is 1.17 bits per heavy atom. The van der Waals surface area contributed by atoms with Crippen LogP contribution in [-0.4, -0.2) is 233 Å². The minimum absolute atomic E-state index is 0. The van der Waals surface area contributed by atoms with Gasteiger partial charge in [0.1, 0.15) is 121 Å². The summed E-state index contributed by atoms with van der Waals surface area (Å²) >= 11 is 15.4. The lowest BCUT2D eigenvalue weighted by atomic mass is 10.1. The molecule has 33 nitrogen and oxygen atoms in total. The highest BCUT2D eigenvalue weighted by atomic mass is 127. The van der Waals surface area contributed by atoms with Crippen molar-refractivity contribution in [3.8, 4) is 28.7 Å². The number of carbonyl (C=O) groups is 6. The average molecular weight is 2300 g/mol. The first kappa shape index (κ1) is 109. The van der Waals surface area contributed by atoms with Crippen LogP contribution in [0.3, 0.4) is 0 Å². The molecule has 22 rings (SSSR count). The van der Waals surface area contributed by atoms with Crippen LogP contribution in [0.2, 0.25) is 0 Å². The molecule has 0 fully saturated rings. The molecule has 1 N–H and O–H groups in total. The standard InChI is InChI=1S/2C19H18N3O3S2.2C18H15N3O3S2.C16H15NO3S.C15H14N2O3S.HI/c1-22-7-3-4-12(9-22)10-25-13-5-6-14-16(8-13)27-18(20-14)17-21-15(11-26-17)19(23)24-2;1-22-7-3-4-12(9-22)10-25-19(23)15-11-26-17(21-15)18-20-14-6-5-13(24-2)8-16(14)27-18;1-23-18(22)14-10-25-16(21-14)17-20-13-3-2-12(8-15(13)26-17)24-9-11-4-6-19-7-5-11;1-23-18(22)14-10-25-16(21-14)17-20-13-5-4-12(7-15(13)26-17)24-9-11-3-2-6-19-8-11;18-7-8-20-16(19)14-10-21-15(17-14)13-6-5-11-3-1-2-4-12(11)9-13;1-19-10-4-6-11-9(7-10)3-5-12(16-11)14-17-13(8-21-14)15(18)20-2;/h2*3-9,15H,10-11H2,1-2H3;2*2-8,14H,9-10H2,1H3;1-6,9,14,18H,7-8,10H2;3-7,13H,8H2,1-2H3;1H/q2*+1;;;;;/p-1/t2*15-;3*14-;13-;/m111111./s1. The average Bonchev–Trinajstić information content (AvgIpc) is 1.65. The van der Waals surface area contributed by atoms with Gasteiger partial charge in [0.15, 0.2) is 61.0 Å². The highest BCUT2D eigenvalue weighted by Crippen LogP contribution is 2.39.